The van der Waals surface area contributed by atoms with Crippen LogP contribution in [0.15, 0.2) is 145 Å². The number of rotatable bonds is 6. The van der Waals surface area contributed by atoms with Gasteiger partial charge in [0.2, 0.25) is 0 Å². The minimum Gasteiger partial charge on any atom is -0.345 e. The van der Waals surface area contributed by atoms with Gasteiger partial charge in [0.15, 0.2) is 0 Å². The van der Waals surface area contributed by atoms with E-state index in [2.05, 4.69) is 163 Å². The van der Waals surface area contributed by atoms with Crippen molar-refractivity contribution in [2.45, 2.75) is 13.3 Å². The number of fused-ring (bicyclic) bond motifs is 1. The first kappa shape index (κ1) is 23.8. The molecule has 0 amide bonds. The molecule has 1 aliphatic rings. The van der Waals surface area contributed by atoms with Crippen molar-refractivity contribution in [1.29, 1.82) is 0 Å². The lowest BCUT2D eigenvalue weighted by Gasteiger charge is -2.30. The van der Waals surface area contributed by atoms with E-state index in [4.69, 9.17) is 0 Å². The minimum atomic E-state index is 0.509. The maximum Gasteiger partial charge on any atom is 0.0539 e. The Labute approximate surface area is 225 Å². The summed E-state index contributed by atoms with van der Waals surface area (Å²) >= 11 is 0. The molecule has 0 radical (unpaired) electrons. The van der Waals surface area contributed by atoms with Crippen molar-refractivity contribution in [3.05, 3.63) is 145 Å². The molecule has 0 heterocycles. The van der Waals surface area contributed by atoms with Crippen LogP contribution in [-0.2, 0) is 0 Å². The Bertz CT molecular complexity index is 1610. The van der Waals surface area contributed by atoms with Gasteiger partial charge in [-0.15, -0.1) is 0 Å². The molecule has 0 aromatic heterocycles. The number of nitrogens with zero attached hydrogens (tertiary/aromatic N) is 2. The van der Waals surface area contributed by atoms with Gasteiger partial charge in [-0.25, -0.2) is 0 Å². The first-order valence-corrected chi connectivity index (χ1v) is 13.3. The fourth-order valence-corrected chi connectivity index (χ4v) is 5.30. The lowest BCUT2D eigenvalue weighted by molar-refractivity contribution is 0.726. The van der Waals surface area contributed by atoms with Gasteiger partial charge in [0.25, 0.3) is 0 Å². The molecule has 2 nitrogen and oxygen atoms in total. The summed E-state index contributed by atoms with van der Waals surface area (Å²) in [6, 6.07) is 43.4. The summed E-state index contributed by atoms with van der Waals surface area (Å²) < 4.78 is 0. The molecule has 6 rings (SSSR count). The van der Waals surface area contributed by atoms with Crippen LogP contribution in [0.3, 0.4) is 0 Å². The van der Waals surface area contributed by atoms with Gasteiger partial charge < -0.3 is 9.80 Å². The van der Waals surface area contributed by atoms with Crippen molar-refractivity contribution in [2.75, 3.05) is 16.8 Å². The fourth-order valence-electron chi connectivity index (χ4n) is 5.30. The van der Waals surface area contributed by atoms with E-state index in [1.807, 2.05) is 0 Å². The molecule has 1 aliphatic carbocycles. The van der Waals surface area contributed by atoms with E-state index < -0.39 is 0 Å². The molecule has 1 unspecified atom stereocenters. The molecule has 2 heteroatoms. The molecule has 186 valence electrons. The molecule has 0 spiro atoms. The Hall–Kier alpha value is -4.56. The van der Waals surface area contributed by atoms with Crippen molar-refractivity contribution >= 4 is 33.5 Å². The first-order valence-electron chi connectivity index (χ1n) is 13.3. The Morgan fingerprint density at radius 1 is 0.632 bits per heavy atom. The summed E-state index contributed by atoms with van der Waals surface area (Å²) in [6.45, 7) is 2.28. The second-order valence-corrected chi connectivity index (χ2v) is 10.0. The SMILES string of the molecule is CC1C=C(N(c2ccc(N(C)c3cccc(-c4ccccc4)c3)cc2)c2cccc3ccccc23)C=CC1. The quantitative estimate of drug-likeness (QED) is 0.233. The molecule has 5 aromatic rings. The molecule has 0 fully saturated rings. The Balaban J connectivity index is 1.37. The van der Waals surface area contributed by atoms with Crippen LogP contribution < -0.4 is 9.80 Å². The van der Waals surface area contributed by atoms with Gasteiger partial charge in [-0.3, -0.25) is 0 Å². The lowest BCUT2D eigenvalue weighted by Crippen LogP contribution is -2.18. The van der Waals surface area contributed by atoms with Crippen molar-refractivity contribution in [3.8, 4) is 11.1 Å². The maximum absolute atomic E-state index is 2.40. The van der Waals surface area contributed by atoms with E-state index in [-0.39, 0.29) is 0 Å². The molecule has 5 aromatic carbocycles. The van der Waals surface area contributed by atoms with Crippen molar-refractivity contribution in [3.63, 3.8) is 0 Å². The number of anilines is 4. The van der Waals surface area contributed by atoms with Gasteiger partial charge in [-0.1, -0.05) is 97.9 Å². The van der Waals surface area contributed by atoms with E-state index in [1.54, 1.807) is 0 Å². The van der Waals surface area contributed by atoms with Gasteiger partial charge in [0, 0.05) is 35.2 Å². The van der Waals surface area contributed by atoms with E-state index in [0.717, 1.165) is 23.5 Å². The molecule has 0 N–H and O–H groups in total. The van der Waals surface area contributed by atoms with Crippen LogP contribution in [0.25, 0.3) is 21.9 Å². The highest BCUT2D eigenvalue weighted by molar-refractivity contribution is 5.97. The van der Waals surface area contributed by atoms with Gasteiger partial charge in [0.1, 0.15) is 0 Å². The highest BCUT2D eigenvalue weighted by Gasteiger charge is 2.18. The monoisotopic (exact) mass is 492 g/mol. The standard InChI is InChI=1S/C36H32N2/c1-27-11-8-18-34(25-27)38(36-20-10-15-29-14-6-7-19-35(29)36)32-23-21-31(22-24-32)37(2)33-17-9-16-30(26-33)28-12-4-3-5-13-28/h3-10,12-27H,11H2,1-2H3. The van der Waals surface area contributed by atoms with Crippen LogP contribution >= 0.6 is 0 Å². The lowest BCUT2D eigenvalue weighted by atomic mass is 9.99. The number of benzene rings is 5. The zero-order chi connectivity index (χ0) is 25.9. The summed E-state index contributed by atoms with van der Waals surface area (Å²) in [7, 11) is 2.13. The summed E-state index contributed by atoms with van der Waals surface area (Å²) in [4.78, 5) is 4.65. The molecule has 0 bridgehead atoms. The van der Waals surface area contributed by atoms with Gasteiger partial charge >= 0.3 is 0 Å². The predicted molar refractivity (Wildman–Crippen MR) is 163 cm³/mol. The van der Waals surface area contributed by atoms with Crippen LogP contribution in [0.2, 0.25) is 0 Å². The smallest absolute Gasteiger partial charge is 0.0539 e. The highest BCUT2D eigenvalue weighted by atomic mass is 15.2. The number of hydrogen-bond acceptors (Lipinski definition) is 2. The summed E-state index contributed by atoms with van der Waals surface area (Å²) in [6.07, 6.45) is 8.02. The molecule has 0 saturated heterocycles. The molecule has 0 aliphatic heterocycles. The van der Waals surface area contributed by atoms with E-state index >= 15 is 0 Å². The number of allylic oxidation sites excluding steroid dienone is 3. The molecule has 1 atom stereocenters. The first-order chi connectivity index (χ1) is 18.7. The second kappa shape index (κ2) is 10.4. The normalized spacial score (nSPS) is 14.8. The summed E-state index contributed by atoms with van der Waals surface area (Å²) in [5, 5.41) is 2.50. The van der Waals surface area contributed by atoms with Crippen molar-refractivity contribution in [2.24, 2.45) is 5.92 Å². The summed E-state index contributed by atoms with van der Waals surface area (Å²) in [5.74, 6) is 0.509. The van der Waals surface area contributed by atoms with E-state index in [0.29, 0.717) is 5.92 Å². The maximum atomic E-state index is 2.40. The third-order valence-corrected chi connectivity index (χ3v) is 7.35. The van der Waals surface area contributed by atoms with Crippen LogP contribution in [0.5, 0.6) is 0 Å². The minimum absolute atomic E-state index is 0.509. The van der Waals surface area contributed by atoms with Crippen LogP contribution in [-0.4, -0.2) is 7.05 Å². The average molecular weight is 493 g/mol. The molecular weight excluding hydrogens is 460 g/mol. The molecule has 38 heavy (non-hydrogen) atoms. The zero-order valence-corrected chi connectivity index (χ0v) is 22.0. The van der Waals surface area contributed by atoms with Crippen molar-refractivity contribution in [1.82, 2.24) is 0 Å². The average Bonchev–Trinajstić information content (AvgIpc) is 2.98. The van der Waals surface area contributed by atoms with E-state index in [9.17, 15) is 0 Å². The van der Waals surface area contributed by atoms with Gasteiger partial charge in [-0.2, -0.15) is 0 Å². The third-order valence-electron chi connectivity index (χ3n) is 7.35. The third kappa shape index (κ3) is 4.73. The Morgan fingerprint density at radius 3 is 2.13 bits per heavy atom. The topological polar surface area (TPSA) is 6.48 Å². The van der Waals surface area contributed by atoms with Crippen LogP contribution in [0.4, 0.5) is 22.7 Å². The number of hydrogen-bond donors (Lipinski definition) is 0. The van der Waals surface area contributed by atoms with Gasteiger partial charge in [0.05, 0.1) is 5.69 Å². The predicted octanol–water partition coefficient (Wildman–Crippen LogP) is 9.89. The van der Waals surface area contributed by atoms with Crippen molar-refractivity contribution < 1.29 is 0 Å². The Kier molecular flexibility index (Phi) is 6.54. The van der Waals surface area contributed by atoms with E-state index in [1.165, 1.54) is 33.3 Å². The highest BCUT2D eigenvalue weighted by Crippen LogP contribution is 2.38. The largest absolute Gasteiger partial charge is 0.345 e. The fraction of sp³-hybridized carbons (Fsp3) is 0.111. The van der Waals surface area contributed by atoms with Crippen LogP contribution in [0, 0.1) is 5.92 Å². The molecular formula is C36H32N2. The Morgan fingerprint density at radius 2 is 1.32 bits per heavy atom. The van der Waals surface area contributed by atoms with Gasteiger partial charge in [-0.05, 0) is 77.4 Å². The molecule has 0 saturated carbocycles. The second-order valence-electron chi connectivity index (χ2n) is 10.0. The summed E-state index contributed by atoms with van der Waals surface area (Å²) in [5.41, 5.74) is 8.34. The zero-order valence-electron chi connectivity index (χ0n) is 22.0. The van der Waals surface area contributed by atoms with Crippen LogP contribution in [0.1, 0.15) is 13.3 Å².